The van der Waals surface area contributed by atoms with E-state index in [0.29, 0.717) is 0 Å². The van der Waals surface area contributed by atoms with Crippen molar-refractivity contribution in [2.24, 2.45) is 0 Å². The van der Waals surface area contributed by atoms with Gasteiger partial charge in [-0.25, -0.2) is 4.79 Å². The molecule has 0 radical (unpaired) electrons. The summed E-state index contributed by atoms with van der Waals surface area (Å²) < 4.78 is 18.6. The molecule has 0 aliphatic carbocycles. The number of hydrogen-bond acceptors (Lipinski definition) is 2. The topological polar surface area (TPSA) is 46.5 Å². The summed E-state index contributed by atoms with van der Waals surface area (Å²) in [6, 6.07) is 14.5. The van der Waals surface area contributed by atoms with Crippen LogP contribution < -0.4 is 4.74 Å². The summed E-state index contributed by atoms with van der Waals surface area (Å²) in [5.41, 5.74) is 1.98. The van der Waals surface area contributed by atoms with E-state index in [1.54, 1.807) is 24.3 Å². The minimum atomic E-state index is -2.34. The van der Waals surface area contributed by atoms with Gasteiger partial charge in [0.2, 0.25) is 0 Å². The quantitative estimate of drug-likeness (QED) is 0.833. The van der Waals surface area contributed by atoms with Gasteiger partial charge in [-0.2, -0.15) is 4.39 Å². The van der Waals surface area contributed by atoms with Gasteiger partial charge in [0.25, 0.3) is 0 Å². The molecule has 0 aromatic heterocycles. The number of carboxylic acids is 1. The zero-order valence-corrected chi connectivity index (χ0v) is 11.9. The van der Waals surface area contributed by atoms with E-state index < -0.39 is 12.3 Å². The molecule has 1 atom stereocenters. The smallest absolute Gasteiger partial charge is 0.378 e. The predicted molar refractivity (Wildman–Crippen MR) is 77.8 cm³/mol. The molecule has 98 valence electrons. The minimum Gasteiger partial charge on any atom is -0.476 e. The van der Waals surface area contributed by atoms with Crippen molar-refractivity contribution in [1.29, 1.82) is 0 Å². The lowest BCUT2D eigenvalue weighted by Crippen LogP contribution is -2.21. The monoisotopic (exact) mass is 372 g/mol. The molecule has 3 nitrogen and oxygen atoms in total. The highest BCUT2D eigenvalue weighted by molar-refractivity contribution is 14.1. The summed E-state index contributed by atoms with van der Waals surface area (Å²) in [7, 11) is 0. The van der Waals surface area contributed by atoms with Crippen molar-refractivity contribution >= 4 is 28.6 Å². The van der Waals surface area contributed by atoms with E-state index in [9.17, 15) is 9.18 Å². The zero-order chi connectivity index (χ0) is 13.8. The van der Waals surface area contributed by atoms with Gasteiger partial charge >= 0.3 is 12.3 Å². The van der Waals surface area contributed by atoms with Crippen molar-refractivity contribution < 1.29 is 19.0 Å². The Morgan fingerprint density at radius 2 is 1.53 bits per heavy atom. The van der Waals surface area contributed by atoms with Gasteiger partial charge in [0.1, 0.15) is 5.75 Å². The fraction of sp³-hybridized carbons (Fsp3) is 0.0714. The second-order valence-corrected chi connectivity index (χ2v) is 5.05. The van der Waals surface area contributed by atoms with Gasteiger partial charge in [-0.1, -0.05) is 24.3 Å². The Morgan fingerprint density at radius 3 is 2.00 bits per heavy atom. The van der Waals surface area contributed by atoms with Crippen LogP contribution in [0.4, 0.5) is 4.39 Å². The summed E-state index contributed by atoms with van der Waals surface area (Å²) >= 11 is 2.22. The fourth-order valence-corrected chi connectivity index (χ4v) is 1.90. The van der Waals surface area contributed by atoms with Crippen LogP contribution in [-0.2, 0) is 4.79 Å². The second-order valence-electron chi connectivity index (χ2n) is 3.80. The molecule has 1 N–H and O–H groups in total. The number of aliphatic carboxylic acids is 1. The highest BCUT2D eigenvalue weighted by atomic mass is 127. The van der Waals surface area contributed by atoms with Crippen LogP contribution in [0.3, 0.4) is 0 Å². The third-order valence-corrected chi connectivity index (χ3v) is 3.18. The number of hydrogen-bond donors (Lipinski definition) is 1. The summed E-state index contributed by atoms with van der Waals surface area (Å²) in [4.78, 5) is 10.3. The lowest BCUT2D eigenvalue weighted by atomic mass is 10.1. The van der Waals surface area contributed by atoms with E-state index >= 15 is 0 Å². The van der Waals surface area contributed by atoms with Crippen LogP contribution in [0.25, 0.3) is 11.1 Å². The first-order chi connectivity index (χ1) is 9.06. The third-order valence-electron chi connectivity index (χ3n) is 2.47. The molecule has 2 aromatic carbocycles. The second kappa shape index (κ2) is 6.01. The third kappa shape index (κ3) is 3.66. The largest absolute Gasteiger partial charge is 0.476 e. The van der Waals surface area contributed by atoms with Gasteiger partial charge in [-0.15, -0.1) is 0 Å². The van der Waals surface area contributed by atoms with Gasteiger partial charge in [0, 0.05) is 3.57 Å². The van der Waals surface area contributed by atoms with E-state index in [4.69, 9.17) is 5.11 Å². The molecule has 5 heteroatoms. The zero-order valence-electron chi connectivity index (χ0n) is 9.72. The maximum absolute atomic E-state index is 12.9. The summed E-state index contributed by atoms with van der Waals surface area (Å²) in [5, 5.41) is 8.40. The Bertz CT molecular complexity index is 566. The molecule has 0 saturated carbocycles. The summed E-state index contributed by atoms with van der Waals surface area (Å²) in [5.74, 6) is -1.45. The van der Waals surface area contributed by atoms with Crippen LogP contribution in [-0.4, -0.2) is 17.4 Å². The van der Waals surface area contributed by atoms with Crippen molar-refractivity contribution in [3.05, 3.63) is 52.1 Å². The van der Waals surface area contributed by atoms with Gasteiger partial charge in [-0.05, 0) is 58.0 Å². The van der Waals surface area contributed by atoms with E-state index in [-0.39, 0.29) is 5.75 Å². The average molecular weight is 372 g/mol. The SMILES string of the molecule is O=C(O)C(F)Oc1ccc(-c2ccc(I)cc2)cc1. The maximum Gasteiger partial charge on any atom is 0.378 e. The van der Waals surface area contributed by atoms with Gasteiger partial charge in [0.05, 0.1) is 0 Å². The van der Waals surface area contributed by atoms with E-state index in [1.165, 1.54) is 0 Å². The van der Waals surface area contributed by atoms with Crippen LogP contribution in [0.1, 0.15) is 0 Å². The average Bonchev–Trinajstić information content (AvgIpc) is 2.40. The van der Waals surface area contributed by atoms with Crippen molar-refractivity contribution in [3.8, 4) is 16.9 Å². The number of rotatable bonds is 4. The van der Waals surface area contributed by atoms with Gasteiger partial charge in [-0.3, -0.25) is 0 Å². The van der Waals surface area contributed by atoms with Crippen molar-refractivity contribution in [3.63, 3.8) is 0 Å². The molecule has 0 spiro atoms. The molecule has 0 aliphatic heterocycles. The first-order valence-electron chi connectivity index (χ1n) is 5.46. The lowest BCUT2D eigenvalue weighted by Gasteiger charge is -2.08. The van der Waals surface area contributed by atoms with Gasteiger partial charge < -0.3 is 9.84 Å². The van der Waals surface area contributed by atoms with E-state index in [0.717, 1.165) is 14.7 Å². The van der Waals surface area contributed by atoms with Gasteiger partial charge in [0.15, 0.2) is 0 Å². The minimum absolute atomic E-state index is 0.184. The Labute approximate surface area is 123 Å². The fourth-order valence-electron chi connectivity index (χ4n) is 1.54. The molecular weight excluding hydrogens is 362 g/mol. The maximum atomic E-state index is 12.9. The van der Waals surface area contributed by atoms with Crippen LogP contribution in [0.15, 0.2) is 48.5 Å². The number of halogens is 2. The Morgan fingerprint density at radius 1 is 1.05 bits per heavy atom. The predicted octanol–water partition coefficient (Wildman–Crippen LogP) is 3.72. The highest BCUT2D eigenvalue weighted by Crippen LogP contribution is 2.23. The molecule has 2 rings (SSSR count). The first kappa shape index (κ1) is 13.8. The number of carboxylic acid groups (broad SMARTS) is 1. The van der Waals surface area contributed by atoms with E-state index in [2.05, 4.69) is 27.3 Å². The van der Waals surface area contributed by atoms with Crippen LogP contribution >= 0.6 is 22.6 Å². The Hall–Kier alpha value is -1.63. The molecule has 0 amide bonds. The number of carbonyl (C=O) groups is 1. The molecular formula is C14H10FIO3. The molecule has 1 unspecified atom stereocenters. The Kier molecular flexibility index (Phi) is 4.36. The van der Waals surface area contributed by atoms with Crippen LogP contribution in [0.5, 0.6) is 5.75 Å². The molecule has 0 saturated heterocycles. The number of benzene rings is 2. The van der Waals surface area contributed by atoms with E-state index in [1.807, 2.05) is 24.3 Å². The number of alkyl halides is 1. The molecule has 2 aromatic rings. The summed E-state index contributed by atoms with van der Waals surface area (Å²) in [6.07, 6.45) is -2.34. The summed E-state index contributed by atoms with van der Waals surface area (Å²) in [6.45, 7) is 0. The standard InChI is InChI=1S/C14H10FIO3/c15-13(14(17)18)19-12-7-3-10(4-8-12)9-1-5-11(16)6-2-9/h1-8,13H,(H,17,18). The normalized spacial score (nSPS) is 11.9. The molecule has 0 aliphatic rings. The van der Waals surface area contributed by atoms with Crippen molar-refractivity contribution in [2.75, 3.05) is 0 Å². The Balaban J connectivity index is 2.14. The molecule has 0 bridgehead atoms. The van der Waals surface area contributed by atoms with Crippen molar-refractivity contribution in [1.82, 2.24) is 0 Å². The molecule has 0 fully saturated rings. The molecule has 19 heavy (non-hydrogen) atoms. The first-order valence-corrected chi connectivity index (χ1v) is 6.53. The highest BCUT2D eigenvalue weighted by Gasteiger charge is 2.16. The lowest BCUT2D eigenvalue weighted by molar-refractivity contribution is -0.153. The molecule has 0 heterocycles. The van der Waals surface area contributed by atoms with Crippen molar-refractivity contribution in [2.45, 2.75) is 6.36 Å². The van der Waals surface area contributed by atoms with Crippen LogP contribution in [0.2, 0.25) is 0 Å². The number of ether oxygens (including phenoxy) is 1. The van der Waals surface area contributed by atoms with Crippen LogP contribution in [0, 0.1) is 3.57 Å².